The lowest BCUT2D eigenvalue weighted by Gasteiger charge is -2.36. The predicted octanol–water partition coefficient (Wildman–Crippen LogP) is 1.35. The first-order valence-electron chi connectivity index (χ1n) is 10.3. The second-order valence-electron chi connectivity index (χ2n) is 7.19. The van der Waals surface area contributed by atoms with E-state index in [4.69, 9.17) is 14.2 Å². The first-order valence-corrected chi connectivity index (χ1v) is 11.8. The Morgan fingerprint density at radius 2 is 1.69 bits per heavy atom. The average Bonchev–Trinajstić information content (AvgIpc) is 2.83. The number of hydrogen-bond acceptors (Lipinski definition) is 7. The number of hydrogen-bond donors (Lipinski definition) is 1. The summed E-state index contributed by atoms with van der Waals surface area (Å²) in [6.07, 6.45) is 0. The maximum absolute atomic E-state index is 12.6. The molecule has 1 N–H and O–H groups in total. The lowest BCUT2D eigenvalue weighted by Crippen LogP contribution is -2.50. The van der Waals surface area contributed by atoms with Gasteiger partial charge in [0.15, 0.2) is 6.61 Å². The van der Waals surface area contributed by atoms with Crippen molar-refractivity contribution in [1.29, 1.82) is 0 Å². The van der Waals surface area contributed by atoms with Gasteiger partial charge in [-0.05, 0) is 36.4 Å². The molecule has 0 unspecified atom stereocenters. The van der Waals surface area contributed by atoms with Crippen molar-refractivity contribution in [3.05, 3.63) is 48.5 Å². The summed E-state index contributed by atoms with van der Waals surface area (Å²) >= 11 is 0. The smallest absolute Gasteiger partial charge is 0.260 e. The number of carbonyl (C=O) groups is 1. The Kier molecular flexibility index (Phi) is 8.32. The van der Waals surface area contributed by atoms with Crippen LogP contribution in [-0.4, -0.2) is 79.4 Å². The topological polar surface area (TPSA) is 97.4 Å². The fraction of sp³-hybridized carbons (Fsp3) is 0.409. The summed E-state index contributed by atoms with van der Waals surface area (Å²) in [5.74, 6) is 1.14. The average molecular weight is 464 g/mol. The largest absolute Gasteiger partial charge is 0.495 e. The molecule has 3 rings (SSSR count). The van der Waals surface area contributed by atoms with Gasteiger partial charge in [-0.2, -0.15) is 0 Å². The fourth-order valence-electron chi connectivity index (χ4n) is 3.40. The highest BCUT2D eigenvalue weighted by Gasteiger charge is 2.23. The summed E-state index contributed by atoms with van der Waals surface area (Å²) in [4.78, 5) is 16.6. The Hall–Kier alpha value is -2.82. The van der Waals surface area contributed by atoms with Gasteiger partial charge < -0.3 is 24.0 Å². The van der Waals surface area contributed by atoms with Gasteiger partial charge in [0.2, 0.25) is 10.0 Å². The summed E-state index contributed by atoms with van der Waals surface area (Å²) in [6, 6.07) is 13.8. The van der Waals surface area contributed by atoms with Crippen LogP contribution in [0, 0.1) is 0 Å². The molecule has 1 amide bonds. The third kappa shape index (κ3) is 6.12. The van der Waals surface area contributed by atoms with Gasteiger partial charge in [0.25, 0.3) is 5.91 Å². The van der Waals surface area contributed by atoms with E-state index in [1.165, 1.54) is 31.4 Å². The van der Waals surface area contributed by atoms with E-state index in [0.29, 0.717) is 31.9 Å². The monoisotopic (exact) mass is 463 g/mol. The van der Waals surface area contributed by atoms with Crippen molar-refractivity contribution in [2.75, 3.05) is 65.1 Å². The van der Waals surface area contributed by atoms with Gasteiger partial charge in [-0.15, -0.1) is 0 Å². The molecule has 0 aromatic heterocycles. The highest BCUT2D eigenvalue weighted by Crippen LogP contribution is 2.28. The number of rotatable bonds is 10. The Bertz CT molecular complexity index is 989. The standard InChI is InChI=1S/C22H29N3O6S/c1-29-16-11-23-32(27,28)19-9-7-18(8-10-19)31-17-22(26)25-14-12-24(13-15-25)20-5-3-4-6-21(20)30-2/h3-10,23H,11-17H2,1-2H3. The maximum atomic E-state index is 12.6. The van der Waals surface area contributed by atoms with Crippen LogP contribution in [0.15, 0.2) is 53.4 Å². The normalized spacial score (nSPS) is 14.3. The number of nitrogens with zero attached hydrogens (tertiary/aromatic N) is 2. The van der Waals surface area contributed by atoms with Crippen LogP contribution in [0.1, 0.15) is 0 Å². The molecule has 0 aliphatic carbocycles. The van der Waals surface area contributed by atoms with Gasteiger partial charge in [0.05, 0.1) is 24.3 Å². The van der Waals surface area contributed by atoms with Crippen molar-refractivity contribution in [3.63, 3.8) is 0 Å². The van der Waals surface area contributed by atoms with Gasteiger partial charge in [-0.1, -0.05) is 12.1 Å². The SMILES string of the molecule is COCCNS(=O)(=O)c1ccc(OCC(=O)N2CCN(c3ccccc3OC)CC2)cc1. The minimum Gasteiger partial charge on any atom is -0.495 e. The zero-order valence-corrected chi connectivity index (χ0v) is 19.1. The molecule has 1 aliphatic heterocycles. The van der Waals surface area contributed by atoms with Crippen molar-refractivity contribution >= 4 is 21.6 Å². The van der Waals surface area contributed by atoms with Crippen molar-refractivity contribution in [1.82, 2.24) is 9.62 Å². The minimum atomic E-state index is -3.61. The molecule has 0 bridgehead atoms. The van der Waals surface area contributed by atoms with E-state index in [1.807, 2.05) is 24.3 Å². The molecular weight excluding hydrogens is 434 g/mol. The molecule has 174 valence electrons. The van der Waals surface area contributed by atoms with Crippen molar-refractivity contribution in [2.45, 2.75) is 4.90 Å². The molecule has 0 atom stereocenters. The summed E-state index contributed by atoms with van der Waals surface area (Å²) in [6.45, 7) is 2.96. The second-order valence-corrected chi connectivity index (χ2v) is 8.96. The molecule has 1 fully saturated rings. The molecule has 1 saturated heterocycles. The van der Waals surface area contributed by atoms with Crippen LogP contribution in [0.25, 0.3) is 0 Å². The van der Waals surface area contributed by atoms with E-state index in [0.717, 1.165) is 11.4 Å². The number of ether oxygens (including phenoxy) is 3. The number of sulfonamides is 1. The van der Waals surface area contributed by atoms with E-state index >= 15 is 0 Å². The van der Waals surface area contributed by atoms with E-state index < -0.39 is 10.0 Å². The molecule has 0 radical (unpaired) electrons. The molecule has 9 nitrogen and oxygen atoms in total. The van der Waals surface area contributed by atoms with E-state index in [9.17, 15) is 13.2 Å². The number of piperazine rings is 1. The van der Waals surface area contributed by atoms with Crippen molar-refractivity contribution in [3.8, 4) is 11.5 Å². The van der Waals surface area contributed by atoms with Crippen LogP contribution in [0.4, 0.5) is 5.69 Å². The summed E-state index contributed by atoms with van der Waals surface area (Å²) < 4.78 is 42.6. The number of carbonyl (C=O) groups excluding carboxylic acids is 1. The maximum Gasteiger partial charge on any atom is 0.260 e. The van der Waals surface area contributed by atoms with Gasteiger partial charge in [-0.25, -0.2) is 13.1 Å². The molecule has 1 heterocycles. The molecular formula is C22H29N3O6S. The molecule has 32 heavy (non-hydrogen) atoms. The van der Waals surface area contributed by atoms with Crippen molar-refractivity contribution < 1.29 is 27.4 Å². The second kappa shape index (κ2) is 11.2. The highest BCUT2D eigenvalue weighted by molar-refractivity contribution is 7.89. The number of amides is 1. The quantitative estimate of drug-likeness (QED) is 0.531. The fourth-order valence-corrected chi connectivity index (χ4v) is 4.41. The van der Waals surface area contributed by atoms with Crippen LogP contribution < -0.4 is 19.1 Å². The van der Waals surface area contributed by atoms with Gasteiger partial charge in [0, 0.05) is 39.8 Å². The minimum absolute atomic E-state index is 0.104. The zero-order valence-electron chi connectivity index (χ0n) is 18.3. The van der Waals surface area contributed by atoms with Gasteiger partial charge in [0.1, 0.15) is 11.5 Å². The van der Waals surface area contributed by atoms with Crippen LogP contribution >= 0.6 is 0 Å². The number of para-hydroxylation sites is 2. The zero-order chi connectivity index (χ0) is 23.0. The van der Waals surface area contributed by atoms with Crippen LogP contribution in [0.3, 0.4) is 0 Å². The van der Waals surface area contributed by atoms with Crippen LogP contribution in [0.5, 0.6) is 11.5 Å². The Labute approximate surface area is 188 Å². The lowest BCUT2D eigenvalue weighted by atomic mass is 10.2. The Morgan fingerprint density at radius 1 is 1.00 bits per heavy atom. The van der Waals surface area contributed by atoms with Gasteiger partial charge in [-0.3, -0.25) is 4.79 Å². The molecule has 10 heteroatoms. The van der Waals surface area contributed by atoms with E-state index in [1.54, 1.807) is 12.0 Å². The number of benzene rings is 2. The molecule has 2 aromatic carbocycles. The van der Waals surface area contributed by atoms with E-state index in [2.05, 4.69) is 9.62 Å². The summed E-state index contributed by atoms with van der Waals surface area (Å²) in [5.41, 5.74) is 1.02. The van der Waals surface area contributed by atoms with Gasteiger partial charge >= 0.3 is 0 Å². The third-order valence-electron chi connectivity index (χ3n) is 5.15. The predicted molar refractivity (Wildman–Crippen MR) is 121 cm³/mol. The van der Waals surface area contributed by atoms with Crippen LogP contribution in [-0.2, 0) is 19.6 Å². The number of methoxy groups -OCH3 is 2. The summed E-state index contributed by atoms with van der Waals surface area (Å²) in [7, 11) is -0.455. The molecule has 0 spiro atoms. The first-order chi connectivity index (χ1) is 15.4. The summed E-state index contributed by atoms with van der Waals surface area (Å²) in [5, 5.41) is 0. The first kappa shape index (κ1) is 23.8. The Morgan fingerprint density at radius 3 is 2.34 bits per heavy atom. The number of anilines is 1. The Balaban J connectivity index is 1.48. The molecule has 1 aliphatic rings. The highest BCUT2D eigenvalue weighted by atomic mass is 32.2. The van der Waals surface area contributed by atoms with Crippen molar-refractivity contribution in [2.24, 2.45) is 0 Å². The third-order valence-corrected chi connectivity index (χ3v) is 6.63. The lowest BCUT2D eigenvalue weighted by molar-refractivity contribution is -0.133. The number of nitrogens with one attached hydrogen (secondary N) is 1. The van der Waals surface area contributed by atoms with Crippen LogP contribution in [0.2, 0.25) is 0 Å². The van der Waals surface area contributed by atoms with E-state index in [-0.39, 0.29) is 30.6 Å². The molecule has 2 aromatic rings. The molecule has 0 saturated carbocycles.